The zero-order valence-electron chi connectivity index (χ0n) is 17.0. The van der Waals surface area contributed by atoms with Crippen molar-refractivity contribution in [3.05, 3.63) is 115 Å². The van der Waals surface area contributed by atoms with Crippen molar-refractivity contribution in [1.82, 2.24) is 0 Å². The molecule has 3 N–H and O–H groups in total. The highest BCUT2D eigenvalue weighted by molar-refractivity contribution is 7.92. The summed E-state index contributed by atoms with van der Waals surface area (Å²) in [5, 5.41) is 6.11. The molecule has 0 fully saturated rings. The summed E-state index contributed by atoms with van der Waals surface area (Å²) < 4.78 is 27.5. The van der Waals surface area contributed by atoms with Gasteiger partial charge in [0.2, 0.25) is 0 Å². The molecule has 160 valence electrons. The van der Waals surface area contributed by atoms with Crippen molar-refractivity contribution in [2.24, 2.45) is 0 Å². The number of carbonyl (C=O) groups is 1. The van der Waals surface area contributed by atoms with Crippen molar-refractivity contribution >= 4 is 38.7 Å². The molecular weight excluding hydrogens is 422 g/mol. The molecule has 4 aromatic rings. The third-order valence-electron chi connectivity index (χ3n) is 4.64. The van der Waals surface area contributed by atoms with Crippen LogP contribution in [0.15, 0.2) is 114 Å². The number of anilines is 4. The molecule has 1 amide bonds. The lowest BCUT2D eigenvalue weighted by Crippen LogP contribution is -2.15. The number of rotatable bonds is 7. The summed E-state index contributed by atoms with van der Waals surface area (Å²) in [7, 11) is -3.73. The fourth-order valence-electron chi connectivity index (χ4n) is 3.07. The van der Waals surface area contributed by atoms with E-state index in [-0.39, 0.29) is 10.8 Å². The maximum Gasteiger partial charge on any atom is 0.261 e. The Labute approximate surface area is 187 Å². The third kappa shape index (κ3) is 5.33. The molecule has 4 aromatic carbocycles. The van der Waals surface area contributed by atoms with Gasteiger partial charge in [0, 0.05) is 28.3 Å². The van der Waals surface area contributed by atoms with Gasteiger partial charge < -0.3 is 10.6 Å². The average molecular weight is 444 g/mol. The van der Waals surface area contributed by atoms with Crippen molar-refractivity contribution < 1.29 is 13.2 Å². The number of para-hydroxylation sites is 1. The monoisotopic (exact) mass is 443 g/mol. The number of hydrogen-bond acceptors (Lipinski definition) is 4. The summed E-state index contributed by atoms with van der Waals surface area (Å²) in [6, 6.07) is 31.5. The Morgan fingerprint density at radius 3 is 1.84 bits per heavy atom. The summed E-state index contributed by atoms with van der Waals surface area (Å²) in [5.74, 6) is -0.338. The Bertz CT molecular complexity index is 1310. The lowest BCUT2D eigenvalue weighted by Gasteiger charge is -2.11. The lowest BCUT2D eigenvalue weighted by atomic mass is 10.2. The topological polar surface area (TPSA) is 87.3 Å². The van der Waals surface area contributed by atoms with Gasteiger partial charge >= 0.3 is 0 Å². The van der Waals surface area contributed by atoms with Crippen molar-refractivity contribution in [2.45, 2.75) is 4.90 Å². The van der Waals surface area contributed by atoms with Crippen LogP contribution in [0.1, 0.15) is 10.4 Å². The zero-order chi connectivity index (χ0) is 22.4. The first-order chi connectivity index (χ1) is 15.5. The summed E-state index contributed by atoms with van der Waals surface area (Å²) in [5.41, 5.74) is 3.14. The number of carbonyl (C=O) groups excluding carboxylic acids is 1. The van der Waals surface area contributed by atoms with Crippen LogP contribution in [0.4, 0.5) is 22.7 Å². The van der Waals surface area contributed by atoms with Crippen molar-refractivity contribution in [3.8, 4) is 0 Å². The van der Waals surface area contributed by atoms with E-state index in [1.165, 1.54) is 18.2 Å². The molecule has 4 rings (SSSR count). The van der Waals surface area contributed by atoms with E-state index in [0.717, 1.165) is 11.4 Å². The quantitative estimate of drug-likeness (QED) is 0.353. The first-order valence-electron chi connectivity index (χ1n) is 9.91. The fourth-order valence-corrected chi connectivity index (χ4v) is 4.14. The van der Waals surface area contributed by atoms with Crippen molar-refractivity contribution in [3.63, 3.8) is 0 Å². The number of amides is 1. The first kappa shape index (κ1) is 21.1. The van der Waals surface area contributed by atoms with Gasteiger partial charge in [-0.3, -0.25) is 9.52 Å². The Hall–Kier alpha value is -4.10. The van der Waals surface area contributed by atoms with E-state index < -0.39 is 10.0 Å². The lowest BCUT2D eigenvalue weighted by molar-refractivity contribution is 0.102. The van der Waals surface area contributed by atoms with Crippen LogP contribution in [0, 0.1) is 0 Å². The van der Waals surface area contributed by atoms with E-state index >= 15 is 0 Å². The molecule has 0 heterocycles. The van der Waals surface area contributed by atoms with E-state index in [2.05, 4.69) is 15.4 Å². The predicted octanol–water partition coefficient (Wildman–Crippen LogP) is 5.48. The van der Waals surface area contributed by atoms with Crippen LogP contribution in [0.25, 0.3) is 0 Å². The number of hydrogen-bond donors (Lipinski definition) is 3. The van der Waals surface area contributed by atoms with E-state index in [1.54, 1.807) is 48.5 Å². The first-order valence-corrected chi connectivity index (χ1v) is 11.4. The largest absolute Gasteiger partial charge is 0.356 e. The van der Waals surface area contributed by atoms with Crippen LogP contribution in [0.2, 0.25) is 0 Å². The molecule has 0 aliphatic heterocycles. The Balaban J connectivity index is 1.43. The molecule has 7 heteroatoms. The van der Waals surface area contributed by atoms with Crippen LogP contribution >= 0.6 is 0 Å². The number of sulfonamides is 1. The molecule has 0 aliphatic rings. The average Bonchev–Trinajstić information content (AvgIpc) is 2.81. The second kappa shape index (κ2) is 9.36. The van der Waals surface area contributed by atoms with Gasteiger partial charge in [-0.15, -0.1) is 0 Å². The Morgan fingerprint density at radius 1 is 0.594 bits per heavy atom. The second-order valence-electron chi connectivity index (χ2n) is 7.02. The van der Waals surface area contributed by atoms with Gasteiger partial charge in [-0.05, 0) is 66.7 Å². The molecule has 0 saturated heterocycles. The highest BCUT2D eigenvalue weighted by Gasteiger charge is 2.14. The summed E-state index contributed by atoms with van der Waals surface area (Å²) in [6.45, 7) is 0. The molecule has 0 spiro atoms. The normalized spacial score (nSPS) is 10.9. The maximum absolute atomic E-state index is 12.7. The molecule has 0 atom stereocenters. The zero-order valence-corrected chi connectivity index (χ0v) is 17.8. The highest BCUT2D eigenvalue weighted by atomic mass is 32.2. The van der Waals surface area contributed by atoms with E-state index in [4.69, 9.17) is 0 Å². The van der Waals surface area contributed by atoms with Gasteiger partial charge in [0.25, 0.3) is 15.9 Å². The SMILES string of the molecule is O=C(Nc1ccc(Nc2ccccc2)cc1)c1cccc(NS(=O)(=O)c2ccccc2)c1. The summed E-state index contributed by atoms with van der Waals surface area (Å²) in [6.07, 6.45) is 0. The molecule has 6 nitrogen and oxygen atoms in total. The molecular formula is C25H21N3O3S. The van der Waals surface area contributed by atoms with E-state index in [1.807, 2.05) is 42.5 Å². The van der Waals surface area contributed by atoms with Gasteiger partial charge in [-0.25, -0.2) is 8.42 Å². The molecule has 0 aliphatic carbocycles. The minimum Gasteiger partial charge on any atom is -0.356 e. The molecule has 0 saturated carbocycles. The molecule has 0 radical (unpaired) electrons. The summed E-state index contributed by atoms with van der Waals surface area (Å²) in [4.78, 5) is 12.8. The van der Waals surface area contributed by atoms with Gasteiger partial charge in [0.15, 0.2) is 0 Å². The van der Waals surface area contributed by atoms with Crippen LogP contribution in [-0.2, 0) is 10.0 Å². The van der Waals surface area contributed by atoms with Crippen LogP contribution in [0.3, 0.4) is 0 Å². The summed E-state index contributed by atoms with van der Waals surface area (Å²) >= 11 is 0. The smallest absolute Gasteiger partial charge is 0.261 e. The van der Waals surface area contributed by atoms with Crippen LogP contribution in [0.5, 0.6) is 0 Å². The van der Waals surface area contributed by atoms with Gasteiger partial charge in [0.05, 0.1) is 4.90 Å². The van der Waals surface area contributed by atoms with Gasteiger partial charge in [0.1, 0.15) is 0 Å². The number of benzene rings is 4. The highest BCUT2D eigenvalue weighted by Crippen LogP contribution is 2.21. The minimum atomic E-state index is -3.73. The second-order valence-corrected chi connectivity index (χ2v) is 8.70. The molecule has 0 aromatic heterocycles. The van der Waals surface area contributed by atoms with Gasteiger partial charge in [-0.1, -0.05) is 42.5 Å². The maximum atomic E-state index is 12.7. The van der Waals surface area contributed by atoms with Crippen molar-refractivity contribution in [1.29, 1.82) is 0 Å². The molecule has 0 unspecified atom stereocenters. The Morgan fingerprint density at radius 2 is 1.16 bits per heavy atom. The Kier molecular flexibility index (Phi) is 6.19. The minimum absolute atomic E-state index is 0.152. The van der Waals surface area contributed by atoms with Crippen molar-refractivity contribution in [2.75, 3.05) is 15.4 Å². The number of nitrogens with one attached hydrogen (secondary N) is 3. The van der Waals surface area contributed by atoms with Crippen LogP contribution in [-0.4, -0.2) is 14.3 Å². The standard InChI is InChI=1S/C25H21N3O3S/c29-25(27-22-16-14-21(15-17-22)26-20-9-3-1-4-10-20)19-8-7-11-23(18-19)28-32(30,31)24-12-5-2-6-13-24/h1-18,26,28H,(H,27,29). The molecule has 32 heavy (non-hydrogen) atoms. The molecule has 0 bridgehead atoms. The fraction of sp³-hybridized carbons (Fsp3) is 0. The van der Waals surface area contributed by atoms with Crippen LogP contribution < -0.4 is 15.4 Å². The predicted molar refractivity (Wildman–Crippen MR) is 128 cm³/mol. The van der Waals surface area contributed by atoms with E-state index in [9.17, 15) is 13.2 Å². The van der Waals surface area contributed by atoms with E-state index in [0.29, 0.717) is 16.9 Å². The van der Waals surface area contributed by atoms with Gasteiger partial charge in [-0.2, -0.15) is 0 Å². The third-order valence-corrected chi connectivity index (χ3v) is 6.03.